The molecule has 6 nitrogen and oxygen atoms in total. The van der Waals surface area contributed by atoms with Crippen LogP contribution in [0.5, 0.6) is 5.75 Å². The lowest BCUT2D eigenvalue weighted by atomic mass is 10.1. The Morgan fingerprint density at radius 2 is 1.70 bits per heavy atom. The second-order valence-electron chi connectivity index (χ2n) is 6.05. The van der Waals surface area contributed by atoms with E-state index in [-0.39, 0.29) is 10.8 Å². The molecule has 2 rings (SSSR count). The summed E-state index contributed by atoms with van der Waals surface area (Å²) in [5, 5.41) is 7.77. The van der Waals surface area contributed by atoms with Gasteiger partial charge in [0, 0.05) is 23.6 Å². The van der Waals surface area contributed by atoms with Crippen LogP contribution in [0.1, 0.15) is 17.5 Å². The number of para-hydroxylation sites is 1. The van der Waals surface area contributed by atoms with Crippen molar-refractivity contribution in [3.05, 3.63) is 53.6 Å². The number of anilines is 1. The molecule has 0 radical (unpaired) electrons. The van der Waals surface area contributed by atoms with E-state index in [4.69, 9.17) is 9.88 Å². The van der Waals surface area contributed by atoms with Crippen LogP contribution in [0.3, 0.4) is 0 Å². The van der Waals surface area contributed by atoms with Gasteiger partial charge < -0.3 is 10.1 Å². The number of sulfonamides is 1. The monoisotopic (exact) mass is 408 g/mol. The molecule has 0 spiro atoms. The predicted molar refractivity (Wildman–Crippen MR) is 110 cm³/mol. The Kier molecular flexibility index (Phi) is 7.70. The van der Waals surface area contributed by atoms with Crippen molar-refractivity contribution < 1.29 is 17.9 Å². The summed E-state index contributed by atoms with van der Waals surface area (Å²) >= 11 is 1.65. The number of primary sulfonamides is 1. The molecule has 2 aromatic rings. The van der Waals surface area contributed by atoms with Crippen LogP contribution in [0.4, 0.5) is 5.69 Å². The van der Waals surface area contributed by atoms with E-state index in [1.54, 1.807) is 11.8 Å². The Morgan fingerprint density at radius 3 is 2.30 bits per heavy atom. The number of amides is 1. The highest BCUT2D eigenvalue weighted by Gasteiger charge is 2.08. The fraction of sp³-hybridized carbons (Fsp3) is 0.316. The lowest BCUT2D eigenvalue weighted by molar-refractivity contribution is -0.115. The maximum atomic E-state index is 11.9. The zero-order chi connectivity index (χ0) is 19.9. The Morgan fingerprint density at radius 1 is 1.07 bits per heavy atom. The molecular weight excluding hydrogens is 384 g/mol. The lowest BCUT2D eigenvalue weighted by Crippen LogP contribution is -2.14. The number of benzene rings is 2. The average molecular weight is 409 g/mol. The molecule has 0 bridgehead atoms. The molecule has 0 aliphatic rings. The summed E-state index contributed by atoms with van der Waals surface area (Å²) in [6.45, 7) is 4.64. The van der Waals surface area contributed by atoms with E-state index in [1.165, 1.54) is 24.3 Å². The number of aryl methyl sites for hydroxylation is 2. The molecule has 0 unspecified atom stereocenters. The first-order valence-electron chi connectivity index (χ1n) is 8.47. The van der Waals surface area contributed by atoms with Gasteiger partial charge in [-0.05, 0) is 49.2 Å². The second-order valence-corrected chi connectivity index (χ2v) is 8.84. The third kappa shape index (κ3) is 6.89. The third-order valence-electron chi connectivity index (χ3n) is 3.82. The molecule has 0 saturated heterocycles. The van der Waals surface area contributed by atoms with Gasteiger partial charge >= 0.3 is 0 Å². The smallest absolute Gasteiger partial charge is 0.238 e. The van der Waals surface area contributed by atoms with Gasteiger partial charge in [-0.25, -0.2) is 13.6 Å². The summed E-state index contributed by atoms with van der Waals surface area (Å²) in [6.07, 6.45) is 0.366. The highest BCUT2D eigenvalue weighted by atomic mass is 32.2. The minimum atomic E-state index is -3.72. The third-order valence-corrected chi connectivity index (χ3v) is 5.70. The minimum Gasteiger partial charge on any atom is -0.492 e. The van der Waals surface area contributed by atoms with E-state index >= 15 is 0 Å². The maximum absolute atomic E-state index is 11.9. The number of thioether (sulfide) groups is 1. The van der Waals surface area contributed by atoms with Gasteiger partial charge in [-0.1, -0.05) is 18.2 Å². The molecule has 2 aromatic carbocycles. The van der Waals surface area contributed by atoms with E-state index in [0.717, 1.165) is 22.6 Å². The van der Waals surface area contributed by atoms with Gasteiger partial charge in [0.15, 0.2) is 0 Å². The Bertz CT molecular complexity index is 861. The molecule has 3 N–H and O–H groups in total. The topological polar surface area (TPSA) is 98.5 Å². The average Bonchev–Trinajstić information content (AvgIpc) is 2.59. The van der Waals surface area contributed by atoms with Gasteiger partial charge in [-0.2, -0.15) is 11.8 Å². The molecule has 0 aliphatic carbocycles. The van der Waals surface area contributed by atoms with Gasteiger partial charge in [0.1, 0.15) is 5.75 Å². The number of nitrogens with one attached hydrogen (secondary N) is 1. The molecule has 0 saturated carbocycles. The molecule has 0 atom stereocenters. The molecule has 0 aromatic heterocycles. The zero-order valence-corrected chi connectivity index (χ0v) is 17.0. The van der Waals surface area contributed by atoms with E-state index in [1.807, 2.05) is 32.0 Å². The van der Waals surface area contributed by atoms with Crippen molar-refractivity contribution in [1.82, 2.24) is 0 Å². The summed E-state index contributed by atoms with van der Waals surface area (Å²) in [6, 6.07) is 11.8. The van der Waals surface area contributed by atoms with Crippen molar-refractivity contribution in [2.75, 3.05) is 23.4 Å². The molecular formula is C19H24N2O4S2. The number of hydrogen-bond donors (Lipinski definition) is 2. The van der Waals surface area contributed by atoms with Crippen LogP contribution in [0.25, 0.3) is 0 Å². The van der Waals surface area contributed by atoms with Crippen molar-refractivity contribution in [2.45, 2.75) is 25.2 Å². The summed E-state index contributed by atoms with van der Waals surface area (Å²) < 4.78 is 28.2. The number of hydrogen-bond acceptors (Lipinski definition) is 5. The highest BCUT2D eigenvalue weighted by molar-refractivity contribution is 7.99. The number of carbonyl (C=O) groups excluding carboxylic acids is 1. The number of carbonyl (C=O) groups is 1. The van der Waals surface area contributed by atoms with Crippen molar-refractivity contribution in [3.8, 4) is 5.75 Å². The SMILES string of the molecule is Cc1cccc(C)c1OCCSCCC(=O)Nc1ccc(S(N)(=O)=O)cc1. The fourth-order valence-corrected chi connectivity index (χ4v) is 3.70. The van der Waals surface area contributed by atoms with Gasteiger partial charge in [-0.3, -0.25) is 4.79 Å². The Labute approximate surface area is 164 Å². The van der Waals surface area contributed by atoms with Crippen LogP contribution in [-0.2, 0) is 14.8 Å². The molecule has 27 heavy (non-hydrogen) atoms. The largest absolute Gasteiger partial charge is 0.492 e. The van der Waals surface area contributed by atoms with E-state index in [2.05, 4.69) is 5.32 Å². The van der Waals surface area contributed by atoms with Crippen molar-refractivity contribution >= 4 is 33.4 Å². The van der Waals surface area contributed by atoms with E-state index in [0.29, 0.717) is 24.5 Å². The van der Waals surface area contributed by atoms with Crippen LogP contribution in [-0.4, -0.2) is 32.4 Å². The first-order chi connectivity index (χ1) is 12.8. The van der Waals surface area contributed by atoms with Crippen LogP contribution < -0.4 is 15.2 Å². The number of ether oxygens (including phenoxy) is 1. The second kappa shape index (κ2) is 9.77. The zero-order valence-electron chi connectivity index (χ0n) is 15.4. The molecule has 146 valence electrons. The number of nitrogens with two attached hydrogens (primary N) is 1. The highest BCUT2D eigenvalue weighted by Crippen LogP contribution is 2.22. The quantitative estimate of drug-likeness (QED) is 0.621. The summed E-state index contributed by atoms with van der Waals surface area (Å²) in [5.41, 5.74) is 2.77. The summed E-state index contributed by atoms with van der Waals surface area (Å²) in [5.74, 6) is 2.28. The van der Waals surface area contributed by atoms with Crippen LogP contribution in [0.2, 0.25) is 0 Å². The lowest BCUT2D eigenvalue weighted by Gasteiger charge is -2.11. The van der Waals surface area contributed by atoms with E-state index < -0.39 is 10.0 Å². The normalized spacial score (nSPS) is 11.2. The van der Waals surface area contributed by atoms with Crippen molar-refractivity contribution in [2.24, 2.45) is 5.14 Å². The van der Waals surface area contributed by atoms with Gasteiger partial charge in [0.05, 0.1) is 11.5 Å². The summed E-state index contributed by atoms with van der Waals surface area (Å²) in [7, 11) is -3.72. The van der Waals surface area contributed by atoms with Crippen LogP contribution >= 0.6 is 11.8 Å². The number of rotatable bonds is 9. The van der Waals surface area contributed by atoms with Crippen LogP contribution in [0.15, 0.2) is 47.4 Å². The molecule has 0 heterocycles. The van der Waals surface area contributed by atoms with Gasteiger partial charge in [-0.15, -0.1) is 0 Å². The van der Waals surface area contributed by atoms with Crippen molar-refractivity contribution in [3.63, 3.8) is 0 Å². The van der Waals surface area contributed by atoms with E-state index in [9.17, 15) is 13.2 Å². The minimum absolute atomic E-state index is 0.0138. The van der Waals surface area contributed by atoms with Crippen molar-refractivity contribution in [1.29, 1.82) is 0 Å². The molecule has 0 fully saturated rings. The fourth-order valence-electron chi connectivity index (χ4n) is 2.45. The molecule has 8 heteroatoms. The van der Waals surface area contributed by atoms with Crippen LogP contribution in [0, 0.1) is 13.8 Å². The summed E-state index contributed by atoms with van der Waals surface area (Å²) in [4.78, 5) is 12.0. The first-order valence-corrected chi connectivity index (χ1v) is 11.2. The Balaban J connectivity index is 1.66. The van der Waals surface area contributed by atoms with Gasteiger partial charge in [0.2, 0.25) is 15.9 Å². The standard InChI is InChI=1S/C19H24N2O4S2/c1-14-4-3-5-15(2)19(14)25-11-13-26-12-10-18(22)21-16-6-8-17(9-7-16)27(20,23)24/h3-9H,10-13H2,1-2H3,(H,21,22)(H2,20,23,24). The molecule has 1 amide bonds. The maximum Gasteiger partial charge on any atom is 0.238 e. The van der Waals surface area contributed by atoms with Gasteiger partial charge in [0.25, 0.3) is 0 Å². The predicted octanol–water partition coefficient (Wildman–Crippen LogP) is 3.09. The molecule has 0 aliphatic heterocycles. The Hall–Kier alpha value is -2.03. The first kappa shape index (κ1) is 21.3.